The average molecular weight is 323 g/mol. The Morgan fingerprint density at radius 3 is 2.18 bits per heavy atom. The molecule has 1 heterocycles. The van der Waals surface area contributed by atoms with Crippen molar-refractivity contribution in [3.63, 3.8) is 0 Å². The molecule has 1 saturated heterocycles. The Labute approximate surface area is 124 Å². The fourth-order valence-corrected chi connectivity index (χ4v) is 2.09. The van der Waals surface area contributed by atoms with Gasteiger partial charge in [0.15, 0.2) is 6.23 Å². The lowest BCUT2D eigenvalue weighted by Gasteiger charge is -2.39. The normalized spacial score (nSPS) is 32.6. The first-order valence-electron chi connectivity index (χ1n) is 6.49. The first-order chi connectivity index (χ1) is 10.2. The minimum atomic E-state index is -4.77. The molecule has 6 nitrogen and oxygen atoms in total. The van der Waals surface area contributed by atoms with Crippen molar-refractivity contribution in [1.29, 1.82) is 0 Å². The van der Waals surface area contributed by atoms with E-state index in [9.17, 15) is 28.5 Å². The lowest BCUT2D eigenvalue weighted by molar-refractivity contribution is -0.274. The quantitative estimate of drug-likeness (QED) is 0.658. The average Bonchev–Trinajstić information content (AvgIpc) is 2.43. The molecule has 0 amide bonds. The number of hydrogen-bond donors (Lipinski definition) is 4. The van der Waals surface area contributed by atoms with Gasteiger partial charge in [-0.05, 0) is 31.2 Å². The molecule has 22 heavy (non-hydrogen) atoms. The summed E-state index contributed by atoms with van der Waals surface area (Å²) in [5.74, 6) is -0.382. The van der Waals surface area contributed by atoms with Crippen LogP contribution >= 0.6 is 0 Å². The molecule has 1 aromatic carbocycles. The Hall–Kier alpha value is -1.55. The number of aliphatic hydroxyl groups is 3. The Morgan fingerprint density at radius 2 is 1.64 bits per heavy atom. The zero-order valence-electron chi connectivity index (χ0n) is 11.5. The van der Waals surface area contributed by atoms with Crippen molar-refractivity contribution >= 4 is 5.69 Å². The van der Waals surface area contributed by atoms with E-state index in [-0.39, 0.29) is 5.75 Å². The summed E-state index contributed by atoms with van der Waals surface area (Å²) in [5, 5.41) is 31.8. The van der Waals surface area contributed by atoms with Gasteiger partial charge in [-0.15, -0.1) is 13.2 Å². The molecule has 1 aliphatic rings. The molecule has 1 aliphatic heterocycles. The van der Waals surface area contributed by atoms with Crippen LogP contribution in [0.25, 0.3) is 0 Å². The molecular formula is C13H16F3NO5. The molecule has 5 atom stereocenters. The second kappa shape index (κ2) is 6.29. The summed E-state index contributed by atoms with van der Waals surface area (Å²) in [5.41, 5.74) is 0.356. The summed E-state index contributed by atoms with van der Waals surface area (Å²) >= 11 is 0. The molecule has 0 spiro atoms. The number of anilines is 1. The van der Waals surface area contributed by atoms with E-state index in [0.717, 1.165) is 12.1 Å². The number of aliphatic hydroxyl groups excluding tert-OH is 3. The van der Waals surface area contributed by atoms with Crippen molar-refractivity contribution in [3.05, 3.63) is 24.3 Å². The molecule has 0 saturated carbocycles. The SMILES string of the molecule is C[C@@H]1O[C@H](Nc2ccc(OC(F)(F)F)cc2)[C@H](O)[C@H](O)[C@@H]1O. The van der Waals surface area contributed by atoms with Gasteiger partial charge in [0.1, 0.15) is 24.1 Å². The second-order valence-corrected chi connectivity index (χ2v) is 4.95. The summed E-state index contributed by atoms with van der Waals surface area (Å²) in [6.45, 7) is 1.52. The molecule has 1 fully saturated rings. The Morgan fingerprint density at radius 1 is 1.05 bits per heavy atom. The van der Waals surface area contributed by atoms with E-state index in [1.807, 2.05) is 0 Å². The van der Waals surface area contributed by atoms with Gasteiger partial charge in [0.2, 0.25) is 0 Å². The van der Waals surface area contributed by atoms with Gasteiger partial charge in [-0.1, -0.05) is 0 Å². The number of benzene rings is 1. The number of nitrogens with one attached hydrogen (secondary N) is 1. The van der Waals surface area contributed by atoms with Gasteiger partial charge >= 0.3 is 6.36 Å². The molecule has 0 unspecified atom stereocenters. The van der Waals surface area contributed by atoms with E-state index in [1.165, 1.54) is 19.1 Å². The smallest absolute Gasteiger partial charge is 0.406 e. The van der Waals surface area contributed by atoms with Gasteiger partial charge in [0.25, 0.3) is 0 Å². The van der Waals surface area contributed by atoms with Crippen molar-refractivity contribution < 1.29 is 38.0 Å². The van der Waals surface area contributed by atoms with Gasteiger partial charge < -0.3 is 30.1 Å². The van der Waals surface area contributed by atoms with Crippen LogP contribution in [-0.4, -0.2) is 52.3 Å². The number of ether oxygens (including phenoxy) is 2. The van der Waals surface area contributed by atoms with Crippen LogP contribution in [0.5, 0.6) is 5.75 Å². The predicted molar refractivity (Wildman–Crippen MR) is 69.1 cm³/mol. The third kappa shape index (κ3) is 4.01. The van der Waals surface area contributed by atoms with Crippen LogP contribution in [0.1, 0.15) is 6.92 Å². The number of alkyl halides is 3. The first-order valence-corrected chi connectivity index (χ1v) is 6.49. The maximum Gasteiger partial charge on any atom is 0.573 e. The van der Waals surface area contributed by atoms with E-state index in [4.69, 9.17) is 4.74 Å². The van der Waals surface area contributed by atoms with Crippen molar-refractivity contribution in [2.24, 2.45) is 0 Å². The fourth-order valence-electron chi connectivity index (χ4n) is 2.09. The highest BCUT2D eigenvalue weighted by molar-refractivity contribution is 5.47. The minimum absolute atomic E-state index is 0.356. The monoisotopic (exact) mass is 323 g/mol. The molecule has 1 aromatic rings. The van der Waals surface area contributed by atoms with Crippen LogP contribution in [-0.2, 0) is 4.74 Å². The van der Waals surface area contributed by atoms with Gasteiger partial charge in [-0.2, -0.15) is 0 Å². The van der Waals surface area contributed by atoms with Crippen LogP contribution in [0.4, 0.5) is 18.9 Å². The Kier molecular flexibility index (Phi) is 4.81. The fraction of sp³-hybridized carbons (Fsp3) is 0.538. The summed E-state index contributed by atoms with van der Waals surface area (Å²) in [7, 11) is 0. The molecule has 0 aliphatic carbocycles. The highest BCUT2D eigenvalue weighted by Crippen LogP contribution is 2.26. The molecule has 9 heteroatoms. The van der Waals surface area contributed by atoms with Crippen LogP contribution in [0, 0.1) is 0 Å². The first kappa shape index (κ1) is 16.8. The largest absolute Gasteiger partial charge is 0.573 e. The van der Waals surface area contributed by atoms with E-state index >= 15 is 0 Å². The van der Waals surface area contributed by atoms with Gasteiger partial charge in [-0.25, -0.2) is 0 Å². The lowest BCUT2D eigenvalue weighted by Crippen LogP contribution is -2.58. The predicted octanol–water partition coefficient (Wildman–Crippen LogP) is 0.825. The van der Waals surface area contributed by atoms with E-state index in [2.05, 4.69) is 10.1 Å². The van der Waals surface area contributed by atoms with Crippen molar-refractivity contribution in [3.8, 4) is 5.75 Å². The third-order valence-electron chi connectivity index (χ3n) is 3.25. The molecule has 0 aromatic heterocycles. The summed E-state index contributed by atoms with van der Waals surface area (Å²) < 4.78 is 45.2. The molecule has 2 rings (SSSR count). The van der Waals surface area contributed by atoms with Gasteiger partial charge in [-0.3, -0.25) is 0 Å². The van der Waals surface area contributed by atoms with Gasteiger partial charge in [0.05, 0.1) is 6.10 Å². The zero-order valence-corrected chi connectivity index (χ0v) is 11.5. The lowest BCUT2D eigenvalue weighted by atomic mass is 9.99. The standard InChI is InChI=1S/C13H16F3NO5/c1-6-9(18)10(19)11(20)12(21-6)17-7-2-4-8(5-3-7)22-13(14,15)16/h2-6,9-12,17-20H,1H3/t6-,9+,10+,11+,12-/m0/s1. The maximum atomic E-state index is 12.0. The van der Waals surface area contributed by atoms with E-state index in [1.54, 1.807) is 0 Å². The summed E-state index contributed by atoms with van der Waals surface area (Å²) in [6.07, 6.45) is -10.5. The number of rotatable bonds is 3. The van der Waals surface area contributed by atoms with Crippen molar-refractivity contribution in [1.82, 2.24) is 0 Å². The minimum Gasteiger partial charge on any atom is -0.406 e. The topological polar surface area (TPSA) is 91.2 Å². The number of halogens is 3. The highest BCUT2D eigenvalue weighted by atomic mass is 19.4. The second-order valence-electron chi connectivity index (χ2n) is 4.95. The van der Waals surface area contributed by atoms with Gasteiger partial charge in [0, 0.05) is 5.69 Å². The maximum absolute atomic E-state index is 12.0. The van der Waals surface area contributed by atoms with Crippen LogP contribution < -0.4 is 10.1 Å². The summed E-state index contributed by atoms with van der Waals surface area (Å²) in [6, 6.07) is 4.80. The molecule has 4 N–H and O–H groups in total. The van der Waals surface area contributed by atoms with E-state index < -0.39 is 37.0 Å². The molecule has 124 valence electrons. The number of hydrogen-bond acceptors (Lipinski definition) is 6. The van der Waals surface area contributed by atoms with Crippen LogP contribution in [0.15, 0.2) is 24.3 Å². The zero-order chi connectivity index (χ0) is 16.5. The summed E-state index contributed by atoms with van der Waals surface area (Å²) in [4.78, 5) is 0. The Bertz CT molecular complexity index is 495. The van der Waals surface area contributed by atoms with E-state index in [0.29, 0.717) is 5.69 Å². The third-order valence-corrected chi connectivity index (χ3v) is 3.25. The molecule has 0 bridgehead atoms. The van der Waals surface area contributed by atoms with Crippen LogP contribution in [0.3, 0.4) is 0 Å². The van der Waals surface area contributed by atoms with Crippen molar-refractivity contribution in [2.75, 3.05) is 5.32 Å². The molecular weight excluding hydrogens is 307 g/mol. The van der Waals surface area contributed by atoms with Crippen molar-refractivity contribution in [2.45, 2.75) is 43.9 Å². The Balaban J connectivity index is 2.01. The van der Waals surface area contributed by atoms with Crippen LogP contribution in [0.2, 0.25) is 0 Å². The highest BCUT2D eigenvalue weighted by Gasteiger charge is 2.41. The molecule has 0 radical (unpaired) electrons.